The lowest BCUT2D eigenvalue weighted by Gasteiger charge is -2.31. The predicted molar refractivity (Wildman–Crippen MR) is 106 cm³/mol. The van der Waals surface area contributed by atoms with Crippen LogP contribution in [-0.2, 0) is 4.74 Å². The minimum atomic E-state index is -0.0346. The summed E-state index contributed by atoms with van der Waals surface area (Å²) in [5, 5.41) is 0. The second-order valence-corrected chi connectivity index (χ2v) is 7.41. The fourth-order valence-electron chi connectivity index (χ4n) is 3.82. The minimum Gasteiger partial charge on any atom is -0.378 e. The van der Waals surface area contributed by atoms with Crippen molar-refractivity contribution in [3.8, 4) is 0 Å². The molecule has 0 unspecified atom stereocenters. The highest BCUT2D eigenvalue weighted by atomic mass is 16.5. The molecule has 0 radical (unpaired) electrons. The molecule has 2 aromatic heterocycles. The van der Waals surface area contributed by atoms with Crippen LogP contribution in [0.5, 0.6) is 0 Å². The molecule has 0 atom stereocenters. The number of aromatic nitrogens is 3. The van der Waals surface area contributed by atoms with Gasteiger partial charge in [0.2, 0.25) is 0 Å². The molecule has 2 aromatic rings. The zero-order valence-electron chi connectivity index (χ0n) is 16.6. The van der Waals surface area contributed by atoms with E-state index in [2.05, 4.69) is 15.0 Å². The number of rotatable bonds is 3. The van der Waals surface area contributed by atoms with E-state index in [1.807, 2.05) is 17.9 Å². The second-order valence-electron chi connectivity index (χ2n) is 7.41. The maximum Gasteiger partial charge on any atom is 0.272 e. The molecule has 4 rings (SSSR count). The van der Waals surface area contributed by atoms with Crippen LogP contribution in [0.1, 0.15) is 51.1 Å². The zero-order chi connectivity index (χ0) is 20.2. The summed E-state index contributed by atoms with van der Waals surface area (Å²) in [6.07, 6.45) is 4.89. The van der Waals surface area contributed by atoms with Gasteiger partial charge in [-0.3, -0.25) is 14.6 Å². The standard InChI is InChI=1S/C21H25N5O3/c1-15-17(20(27)26-10-12-29-13-11-26)14-23-19(24-15)16-5-8-25(9-6-16)21(28)18-4-2-3-7-22-18/h2-4,7,14,16H,5-6,8-13H2,1H3. The number of carbonyl (C=O) groups is 2. The molecule has 0 aliphatic carbocycles. The van der Waals surface area contributed by atoms with E-state index in [0.29, 0.717) is 56.3 Å². The van der Waals surface area contributed by atoms with Crippen LogP contribution in [-0.4, -0.2) is 76.0 Å². The summed E-state index contributed by atoms with van der Waals surface area (Å²) >= 11 is 0. The molecule has 2 aliphatic heterocycles. The van der Waals surface area contributed by atoms with Crippen LogP contribution < -0.4 is 0 Å². The Bertz CT molecular complexity index is 875. The van der Waals surface area contributed by atoms with Gasteiger partial charge >= 0.3 is 0 Å². The number of carbonyl (C=O) groups excluding carboxylic acids is 2. The van der Waals surface area contributed by atoms with Crippen molar-refractivity contribution in [2.45, 2.75) is 25.7 Å². The third-order valence-corrected chi connectivity index (χ3v) is 5.56. The average Bonchev–Trinajstić information content (AvgIpc) is 2.79. The Morgan fingerprint density at radius 3 is 2.38 bits per heavy atom. The Balaban J connectivity index is 1.39. The SMILES string of the molecule is Cc1nc(C2CCN(C(=O)c3ccccn3)CC2)ncc1C(=O)N1CCOCC1. The molecule has 0 spiro atoms. The molecule has 8 nitrogen and oxygen atoms in total. The highest BCUT2D eigenvalue weighted by molar-refractivity contribution is 5.95. The first kappa shape index (κ1) is 19.4. The summed E-state index contributed by atoms with van der Waals surface area (Å²) in [5.41, 5.74) is 1.74. The van der Waals surface area contributed by atoms with Gasteiger partial charge in [-0.15, -0.1) is 0 Å². The van der Waals surface area contributed by atoms with Crippen molar-refractivity contribution >= 4 is 11.8 Å². The van der Waals surface area contributed by atoms with Crippen LogP contribution in [0.2, 0.25) is 0 Å². The molecule has 0 aromatic carbocycles. The van der Waals surface area contributed by atoms with Gasteiger partial charge in [-0.2, -0.15) is 0 Å². The number of hydrogen-bond donors (Lipinski definition) is 0. The highest BCUT2D eigenvalue weighted by Crippen LogP contribution is 2.27. The monoisotopic (exact) mass is 395 g/mol. The Morgan fingerprint density at radius 2 is 1.72 bits per heavy atom. The first-order valence-electron chi connectivity index (χ1n) is 10.0. The molecule has 0 N–H and O–H groups in total. The molecular formula is C21H25N5O3. The lowest BCUT2D eigenvalue weighted by Crippen LogP contribution is -2.41. The molecule has 29 heavy (non-hydrogen) atoms. The summed E-state index contributed by atoms with van der Waals surface area (Å²) in [6, 6.07) is 5.37. The predicted octanol–water partition coefficient (Wildman–Crippen LogP) is 1.67. The summed E-state index contributed by atoms with van der Waals surface area (Å²) in [4.78, 5) is 42.2. The third kappa shape index (κ3) is 4.27. The van der Waals surface area contributed by atoms with Crippen LogP contribution in [0.25, 0.3) is 0 Å². The Kier molecular flexibility index (Phi) is 5.80. The Labute approximate surface area is 169 Å². The van der Waals surface area contributed by atoms with Crippen molar-refractivity contribution < 1.29 is 14.3 Å². The van der Waals surface area contributed by atoms with E-state index in [-0.39, 0.29) is 17.7 Å². The third-order valence-electron chi connectivity index (χ3n) is 5.56. The minimum absolute atomic E-state index is 0.0341. The van der Waals surface area contributed by atoms with Crippen molar-refractivity contribution in [1.82, 2.24) is 24.8 Å². The fraction of sp³-hybridized carbons (Fsp3) is 0.476. The van der Waals surface area contributed by atoms with Gasteiger partial charge in [-0.05, 0) is 31.9 Å². The first-order valence-corrected chi connectivity index (χ1v) is 10.0. The molecule has 4 heterocycles. The molecule has 2 saturated heterocycles. The van der Waals surface area contributed by atoms with Crippen molar-refractivity contribution in [2.24, 2.45) is 0 Å². The normalized spacial score (nSPS) is 18.0. The van der Waals surface area contributed by atoms with Crippen molar-refractivity contribution in [2.75, 3.05) is 39.4 Å². The Morgan fingerprint density at radius 1 is 1.00 bits per heavy atom. The van der Waals surface area contributed by atoms with Crippen molar-refractivity contribution in [3.63, 3.8) is 0 Å². The maximum absolute atomic E-state index is 12.7. The zero-order valence-corrected chi connectivity index (χ0v) is 16.6. The van der Waals surface area contributed by atoms with Gasteiger partial charge in [-0.25, -0.2) is 9.97 Å². The molecule has 152 valence electrons. The largest absolute Gasteiger partial charge is 0.378 e. The topological polar surface area (TPSA) is 88.5 Å². The number of hydrogen-bond acceptors (Lipinski definition) is 6. The van der Waals surface area contributed by atoms with Gasteiger partial charge in [0.15, 0.2) is 0 Å². The van der Waals surface area contributed by atoms with E-state index in [4.69, 9.17) is 4.74 Å². The molecule has 8 heteroatoms. The molecule has 2 fully saturated rings. The van der Waals surface area contributed by atoms with E-state index in [1.54, 1.807) is 29.4 Å². The lowest BCUT2D eigenvalue weighted by atomic mass is 9.95. The number of aryl methyl sites for hydroxylation is 1. The van der Waals surface area contributed by atoms with Gasteiger partial charge in [0, 0.05) is 44.5 Å². The summed E-state index contributed by atoms with van der Waals surface area (Å²) in [6.45, 7) is 5.50. The van der Waals surface area contributed by atoms with Gasteiger partial charge in [0.1, 0.15) is 11.5 Å². The van der Waals surface area contributed by atoms with Crippen LogP contribution in [0, 0.1) is 6.92 Å². The van der Waals surface area contributed by atoms with E-state index in [0.717, 1.165) is 18.7 Å². The number of amides is 2. The second kappa shape index (κ2) is 8.65. The number of ether oxygens (including phenoxy) is 1. The van der Waals surface area contributed by atoms with Crippen molar-refractivity contribution in [1.29, 1.82) is 0 Å². The quantitative estimate of drug-likeness (QED) is 0.786. The summed E-state index contributed by atoms with van der Waals surface area (Å²) in [5.74, 6) is 0.876. The molecule has 0 bridgehead atoms. The van der Waals surface area contributed by atoms with E-state index in [9.17, 15) is 9.59 Å². The van der Waals surface area contributed by atoms with Crippen LogP contribution >= 0.6 is 0 Å². The van der Waals surface area contributed by atoms with E-state index >= 15 is 0 Å². The van der Waals surface area contributed by atoms with Crippen LogP contribution in [0.4, 0.5) is 0 Å². The number of piperidine rings is 1. The number of pyridine rings is 1. The fourth-order valence-corrected chi connectivity index (χ4v) is 3.82. The highest BCUT2D eigenvalue weighted by Gasteiger charge is 2.28. The van der Waals surface area contributed by atoms with Crippen LogP contribution in [0.15, 0.2) is 30.6 Å². The van der Waals surface area contributed by atoms with Gasteiger partial charge < -0.3 is 14.5 Å². The Hall–Kier alpha value is -2.87. The number of likely N-dealkylation sites (tertiary alicyclic amines) is 1. The van der Waals surface area contributed by atoms with Gasteiger partial charge in [0.25, 0.3) is 11.8 Å². The number of nitrogens with zero attached hydrogens (tertiary/aromatic N) is 5. The van der Waals surface area contributed by atoms with Crippen LogP contribution in [0.3, 0.4) is 0 Å². The first-order chi connectivity index (χ1) is 14.1. The maximum atomic E-state index is 12.7. The molecule has 2 amide bonds. The van der Waals surface area contributed by atoms with Gasteiger partial charge in [-0.1, -0.05) is 6.07 Å². The smallest absolute Gasteiger partial charge is 0.272 e. The molecular weight excluding hydrogens is 370 g/mol. The summed E-state index contributed by atoms with van der Waals surface area (Å²) in [7, 11) is 0. The van der Waals surface area contributed by atoms with Crippen molar-refractivity contribution in [3.05, 3.63) is 53.4 Å². The number of morpholine rings is 1. The van der Waals surface area contributed by atoms with E-state index < -0.39 is 0 Å². The summed E-state index contributed by atoms with van der Waals surface area (Å²) < 4.78 is 5.31. The molecule has 0 saturated carbocycles. The lowest BCUT2D eigenvalue weighted by molar-refractivity contribution is 0.0301. The van der Waals surface area contributed by atoms with Gasteiger partial charge in [0.05, 0.1) is 24.5 Å². The molecule has 2 aliphatic rings. The average molecular weight is 395 g/mol. The van der Waals surface area contributed by atoms with E-state index in [1.165, 1.54) is 0 Å².